The second kappa shape index (κ2) is 6.21. The molecular weight excluding hydrogens is 344 g/mol. The third-order valence-corrected chi connectivity index (χ3v) is 4.36. The van der Waals surface area contributed by atoms with E-state index in [4.69, 9.17) is 4.52 Å². The van der Waals surface area contributed by atoms with E-state index in [0.717, 1.165) is 12.1 Å². The van der Waals surface area contributed by atoms with E-state index in [1.165, 1.54) is 23.2 Å². The van der Waals surface area contributed by atoms with Gasteiger partial charge in [0.15, 0.2) is 11.6 Å². The summed E-state index contributed by atoms with van der Waals surface area (Å²) < 4.78 is 32.0. The number of hydrogen-bond donors (Lipinski definition) is 1. The van der Waals surface area contributed by atoms with Crippen LogP contribution in [0.15, 0.2) is 45.8 Å². The average Bonchev–Trinajstić information content (AvgIpc) is 3.07. The molecule has 26 heavy (non-hydrogen) atoms. The van der Waals surface area contributed by atoms with Gasteiger partial charge in [0, 0.05) is 30.3 Å². The number of nitrogens with one attached hydrogen (secondary N) is 1. The van der Waals surface area contributed by atoms with Crippen molar-refractivity contribution in [2.75, 3.05) is 6.54 Å². The van der Waals surface area contributed by atoms with Crippen molar-refractivity contribution < 1.29 is 18.1 Å². The van der Waals surface area contributed by atoms with Crippen molar-refractivity contribution in [2.24, 2.45) is 0 Å². The predicted octanol–water partition coefficient (Wildman–Crippen LogP) is 2.51. The molecule has 0 atom stereocenters. The van der Waals surface area contributed by atoms with E-state index in [0.29, 0.717) is 35.5 Å². The molecule has 0 radical (unpaired) electrons. The van der Waals surface area contributed by atoms with Gasteiger partial charge < -0.3 is 14.4 Å². The first-order valence-corrected chi connectivity index (χ1v) is 7.94. The largest absolute Gasteiger partial charge is 0.360 e. The van der Waals surface area contributed by atoms with Crippen molar-refractivity contribution >= 4 is 5.91 Å². The van der Waals surface area contributed by atoms with Gasteiger partial charge in [-0.1, -0.05) is 5.16 Å². The Morgan fingerprint density at radius 2 is 2.08 bits per heavy atom. The maximum atomic E-state index is 13.5. The predicted molar refractivity (Wildman–Crippen MR) is 87.4 cm³/mol. The Morgan fingerprint density at radius 3 is 2.85 bits per heavy atom. The standard InChI is InChI=1S/C18H13F2N3O3/c19-13-4-3-10(8-14(13)20)16-12-9-23(7-5-15(12)26-22-16)18(25)11-2-1-6-21-17(11)24/h1-4,6,8H,5,7,9H2,(H,21,24). The first-order valence-electron chi connectivity index (χ1n) is 7.94. The van der Waals surface area contributed by atoms with Gasteiger partial charge in [0.2, 0.25) is 0 Å². The Labute approximate surface area is 146 Å². The fourth-order valence-corrected chi connectivity index (χ4v) is 3.01. The molecule has 0 spiro atoms. The van der Waals surface area contributed by atoms with Gasteiger partial charge in [-0.05, 0) is 30.3 Å². The molecule has 3 aromatic rings. The molecular formula is C18H13F2N3O3. The summed E-state index contributed by atoms with van der Waals surface area (Å²) in [5, 5.41) is 3.95. The summed E-state index contributed by atoms with van der Waals surface area (Å²) in [6.07, 6.45) is 1.87. The summed E-state index contributed by atoms with van der Waals surface area (Å²) in [4.78, 5) is 28.5. The van der Waals surface area contributed by atoms with E-state index in [2.05, 4.69) is 10.1 Å². The summed E-state index contributed by atoms with van der Waals surface area (Å²) in [5.74, 6) is -1.75. The van der Waals surface area contributed by atoms with Crippen molar-refractivity contribution in [1.82, 2.24) is 15.0 Å². The number of amides is 1. The van der Waals surface area contributed by atoms with Crippen LogP contribution in [0.5, 0.6) is 0 Å². The third-order valence-electron chi connectivity index (χ3n) is 4.36. The minimum atomic E-state index is -0.987. The number of aromatic amines is 1. The summed E-state index contributed by atoms with van der Waals surface area (Å²) in [7, 11) is 0. The van der Waals surface area contributed by atoms with Crippen molar-refractivity contribution in [2.45, 2.75) is 13.0 Å². The van der Waals surface area contributed by atoms with Crippen molar-refractivity contribution in [3.05, 3.63) is 75.4 Å². The summed E-state index contributed by atoms with van der Waals surface area (Å²) in [5.41, 5.74) is 0.929. The van der Waals surface area contributed by atoms with Crippen LogP contribution in [0.4, 0.5) is 8.78 Å². The molecule has 4 rings (SSSR count). The quantitative estimate of drug-likeness (QED) is 0.764. The molecule has 0 aliphatic carbocycles. The van der Waals surface area contributed by atoms with Crippen LogP contribution in [0, 0.1) is 11.6 Å². The van der Waals surface area contributed by atoms with Crippen LogP contribution in [0.2, 0.25) is 0 Å². The Bertz CT molecular complexity index is 1060. The van der Waals surface area contributed by atoms with Crippen LogP contribution >= 0.6 is 0 Å². The van der Waals surface area contributed by atoms with Gasteiger partial charge >= 0.3 is 0 Å². The van der Waals surface area contributed by atoms with Crippen molar-refractivity contribution in [3.8, 4) is 11.3 Å². The van der Waals surface area contributed by atoms with Gasteiger partial charge in [0.05, 0.1) is 6.54 Å². The number of benzene rings is 1. The number of nitrogens with zero attached hydrogens (tertiary/aromatic N) is 2. The zero-order valence-corrected chi connectivity index (χ0v) is 13.5. The van der Waals surface area contributed by atoms with Gasteiger partial charge in [-0.15, -0.1) is 0 Å². The lowest BCUT2D eigenvalue weighted by atomic mass is 10.0. The highest BCUT2D eigenvalue weighted by molar-refractivity contribution is 5.94. The molecule has 3 heterocycles. The molecule has 1 aliphatic heterocycles. The Balaban J connectivity index is 1.67. The lowest BCUT2D eigenvalue weighted by molar-refractivity contribution is 0.0727. The smallest absolute Gasteiger partial charge is 0.260 e. The molecule has 0 saturated heterocycles. The second-order valence-electron chi connectivity index (χ2n) is 5.95. The number of carbonyl (C=O) groups is 1. The number of H-pyrrole nitrogens is 1. The summed E-state index contributed by atoms with van der Waals surface area (Å²) in [6, 6.07) is 6.49. The maximum Gasteiger partial charge on any atom is 0.260 e. The molecule has 1 N–H and O–H groups in total. The zero-order valence-electron chi connectivity index (χ0n) is 13.5. The molecule has 8 heteroatoms. The number of halogens is 2. The van der Waals surface area contributed by atoms with E-state index in [9.17, 15) is 18.4 Å². The van der Waals surface area contributed by atoms with Crippen LogP contribution in [-0.2, 0) is 13.0 Å². The van der Waals surface area contributed by atoms with Gasteiger partial charge in [-0.2, -0.15) is 0 Å². The number of aromatic nitrogens is 2. The van der Waals surface area contributed by atoms with Crippen LogP contribution < -0.4 is 5.56 Å². The molecule has 0 saturated carbocycles. The molecule has 1 aliphatic rings. The Hall–Kier alpha value is -3.29. The SMILES string of the molecule is O=C(c1ccc[nH]c1=O)N1CCc2onc(-c3ccc(F)c(F)c3)c2C1. The van der Waals surface area contributed by atoms with Gasteiger partial charge in [-0.3, -0.25) is 9.59 Å². The first kappa shape index (κ1) is 16.2. The molecule has 2 aromatic heterocycles. The molecule has 6 nitrogen and oxygen atoms in total. The topological polar surface area (TPSA) is 79.2 Å². The van der Waals surface area contributed by atoms with E-state index in [1.807, 2.05) is 0 Å². The highest BCUT2D eigenvalue weighted by Gasteiger charge is 2.29. The van der Waals surface area contributed by atoms with E-state index in [1.54, 1.807) is 6.07 Å². The number of pyridine rings is 1. The first-order chi connectivity index (χ1) is 12.5. The van der Waals surface area contributed by atoms with Gasteiger partial charge in [0.1, 0.15) is 17.0 Å². The monoisotopic (exact) mass is 357 g/mol. The summed E-state index contributed by atoms with van der Waals surface area (Å²) >= 11 is 0. The van der Waals surface area contributed by atoms with Crippen LogP contribution in [0.1, 0.15) is 21.7 Å². The zero-order chi connectivity index (χ0) is 18.3. The van der Waals surface area contributed by atoms with Crippen molar-refractivity contribution in [1.29, 1.82) is 0 Å². The van der Waals surface area contributed by atoms with E-state index >= 15 is 0 Å². The third kappa shape index (κ3) is 2.69. The van der Waals surface area contributed by atoms with Gasteiger partial charge in [0.25, 0.3) is 11.5 Å². The molecule has 132 valence electrons. The van der Waals surface area contributed by atoms with E-state index < -0.39 is 23.1 Å². The Kier molecular flexibility index (Phi) is 3.87. The lowest BCUT2D eigenvalue weighted by Gasteiger charge is -2.26. The maximum absolute atomic E-state index is 13.5. The average molecular weight is 357 g/mol. The molecule has 0 fully saturated rings. The van der Waals surface area contributed by atoms with Crippen LogP contribution in [0.25, 0.3) is 11.3 Å². The number of rotatable bonds is 2. The van der Waals surface area contributed by atoms with Crippen molar-refractivity contribution in [3.63, 3.8) is 0 Å². The number of hydrogen-bond acceptors (Lipinski definition) is 4. The lowest BCUT2D eigenvalue weighted by Crippen LogP contribution is -2.38. The minimum Gasteiger partial charge on any atom is -0.360 e. The number of fused-ring (bicyclic) bond motifs is 1. The fraction of sp³-hybridized carbons (Fsp3) is 0.167. The van der Waals surface area contributed by atoms with E-state index in [-0.39, 0.29) is 12.1 Å². The normalized spacial score (nSPS) is 13.5. The fourth-order valence-electron chi connectivity index (χ4n) is 3.01. The molecule has 0 bridgehead atoms. The van der Waals surface area contributed by atoms with Crippen LogP contribution in [-0.4, -0.2) is 27.5 Å². The Morgan fingerprint density at radius 1 is 1.23 bits per heavy atom. The summed E-state index contributed by atoms with van der Waals surface area (Å²) in [6.45, 7) is 0.535. The highest BCUT2D eigenvalue weighted by atomic mass is 19.2. The molecule has 1 aromatic carbocycles. The minimum absolute atomic E-state index is 0.0433. The second-order valence-corrected chi connectivity index (χ2v) is 5.95. The molecule has 0 unspecified atom stereocenters. The number of carbonyl (C=O) groups excluding carboxylic acids is 1. The highest BCUT2D eigenvalue weighted by Crippen LogP contribution is 2.31. The van der Waals surface area contributed by atoms with Crippen LogP contribution in [0.3, 0.4) is 0 Å². The molecule has 1 amide bonds. The van der Waals surface area contributed by atoms with Gasteiger partial charge in [-0.25, -0.2) is 8.78 Å².